The predicted octanol–water partition coefficient (Wildman–Crippen LogP) is 3.34. The molecule has 3 atom stereocenters. The number of aliphatic hydroxyl groups excluding tert-OH is 2. The average molecular weight is 608 g/mol. The smallest absolute Gasteiger partial charge is 0.247 e. The van der Waals surface area contributed by atoms with Gasteiger partial charge in [-0.1, -0.05) is 30.3 Å². The van der Waals surface area contributed by atoms with Gasteiger partial charge in [0.25, 0.3) is 0 Å². The van der Waals surface area contributed by atoms with Crippen molar-refractivity contribution in [2.24, 2.45) is 0 Å². The van der Waals surface area contributed by atoms with Gasteiger partial charge in [0.15, 0.2) is 0 Å². The maximum Gasteiger partial charge on any atom is 0.247 e. The van der Waals surface area contributed by atoms with Crippen LogP contribution in [-0.2, 0) is 16.1 Å². The number of nitrogens with zero attached hydrogens (tertiary/aromatic N) is 1. The van der Waals surface area contributed by atoms with E-state index in [0.29, 0.717) is 23.3 Å². The van der Waals surface area contributed by atoms with E-state index in [1.165, 1.54) is 17.0 Å². The Kier molecular flexibility index (Phi) is 10.4. The van der Waals surface area contributed by atoms with Crippen molar-refractivity contribution in [2.45, 2.75) is 44.1 Å². The van der Waals surface area contributed by atoms with Gasteiger partial charge >= 0.3 is 0 Å². The molecule has 0 radical (unpaired) electrons. The second-order valence-corrected chi connectivity index (χ2v) is 9.58. The number of hydrogen-bond acceptors (Lipinski definition) is 5. The fourth-order valence-electron chi connectivity index (χ4n) is 4.01. The minimum atomic E-state index is -1.14. The third kappa shape index (κ3) is 7.37. The first-order valence-corrected chi connectivity index (χ1v) is 12.8. The first-order valence-electron chi connectivity index (χ1n) is 11.7. The Morgan fingerprint density at radius 1 is 1.22 bits per heavy atom. The van der Waals surface area contributed by atoms with Crippen LogP contribution in [0, 0.1) is 9.39 Å². The Balaban J connectivity index is 1.96. The van der Waals surface area contributed by atoms with Gasteiger partial charge in [-0.05, 0) is 64.9 Å². The summed E-state index contributed by atoms with van der Waals surface area (Å²) in [5, 5.41) is 23.2. The highest BCUT2D eigenvalue weighted by Gasteiger charge is 2.40. The largest absolute Gasteiger partial charge is 0.482 e. The number of ether oxygens (including phenoxy) is 1. The van der Waals surface area contributed by atoms with E-state index >= 15 is 0 Å². The number of allylic oxidation sites excluding steroid dienone is 1. The molecule has 1 aliphatic carbocycles. The Bertz CT molecular complexity index is 1090. The summed E-state index contributed by atoms with van der Waals surface area (Å²) in [6.45, 7) is 3.66. The fraction of sp³-hybridized carbons (Fsp3) is 0.333. The number of para-hydroxylation sites is 1. The van der Waals surface area contributed by atoms with Gasteiger partial charge in [-0.3, -0.25) is 9.59 Å². The molecule has 0 fully saturated rings. The van der Waals surface area contributed by atoms with E-state index in [2.05, 4.69) is 34.5 Å². The minimum Gasteiger partial charge on any atom is -0.482 e. The van der Waals surface area contributed by atoms with E-state index in [9.17, 15) is 19.1 Å². The van der Waals surface area contributed by atoms with Crippen LogP contribution in [0.1, 0.15) is 24.8 Å². The van der Waals surface area contributed by atoms with Crippen LogP contribution in [0.2, 0.25) is 0 Å². The predicted molar refractivity (Wildman–Crippen MR) is 143 cm³/mol. The van der Waals surface area contributed by atoms with Crippen molar-refractivity contribution in [3.8, 4) is 5.75 Å². The van der Waals surface area contributed by atoms with Crippen molar-refractivity contribution in [1.82, 2.24) is 10.2 Å². The lowest BCUT2D eigenvalue weighted by Gasteiger charge is -2.40. The van der Waals surface area contributed by atoms with Gasteiger partial charge in [0, 0.05) is 31.5 Å². The van der Waals surface area contributed by atoms with E-state index in [0.717, 1.165) is 3.57 Å². The Hall–Kier alpha value is -2.76. The molecule has 0 aliphatic heterocycles. The third-order valence-corrected chi connectivity index (χ3v) is 6.75. The topological polar surface area (TPSA) is 99.1 Å². The lowest BCUT2D eigenvalue weighted by molar-refractivity contribution is -0.139. The SMILES string of the molecule is C=CCCC(=O)N(Cc1ccc(F)cc1)C1CC(C(=O)NCCO)=CC(Oc2ccccc2I)C1O. The van der Waals surface area contributed by atoms with Crippen LogP contribution in [-0.4, -0.2) is 58.3 Å². The summed E-state index contributed by atoms with van der Waals surface area (Å²) in [6, 6.07) is 12.3. The number of aliphatic hydroxyl groups is 2. The molecule has 0 saturated heterocycles. The van der Waals surface area contributed by atoms with Gasteiger partial charge in [-0.2, -0.15) is 0 Å². The van der Waals surface area contributed by atoms with Crippen LogP contribution in [0.4, 0.5) is 4.39 Å². The normalized spacial score (nSPS) is 19.2. The molecule has 0 heterocycles. The molecule has 0 bridgehead atoms. The molecule has 2 amide bonds. The second-order valence-electron chi connectivity index (χ2n) is 8.42. The third-order valence-electron chi connectivity index (χ3n) is 5.86. The van der Waals surface area contributed by atoms with Crippen LogP contribution >= 0.6 is 22.6 Å². The average Bonchev–Trinajstić information content (AvgIpc) is 2.88. The molecule has 9 heteroatoms. The van der Waals surface area contributed by atoms with Gasteiger partial charge in [0.1, 0.15) is 23.8 Å². The zero-order valence-electron chi connectivity index (χ0n) is 19.8. The Morgan fingerprint density at radius 3 is 2.61 bits per heavy atom. The lowest BCUT2D eigenvalue weighted by Crippen LogP contribution is -2.54. The van der Waals surface area contributed by atoms with Crippen LogP contribution in [0.5, 0.6) is 5.75 Å². The maximum absolute atomic E-state index is 13.5. The standard InChI is InChI=1S/C27H30FIN2O5/c1-2-3-8-25(33)31(17-18-9-11-20(28)12-10-18)22-15-19(27(35)30-13-14-32)16-24(26(22)34)36-23-7-5-4-6-21(23)29/h2,4-7,9-12,16,22,24,26,32,34H,1,3,8,13-15,17H2,(H,30,35). The van der Waals surface area contributed by atoms with Crippen LogP contribution < -0.4 is 10.1 Å². The molecule has 3 N–H and O–H groups in total. The first-order chi connectivity index (χ1) is 17.3. The highest BCUT2D eigenvalue weighted by Crippen LogP contribution is 2.30. The van der Waals surface area contributed by atoms with Crippen LogP contribution in [0.25, 0.3) is 0 Å². The number of halogens is 2. The maximum atomic E-state index is 13.5. The van der Waals surface area contributed by atoms with Crippen molar-refractivity contribution in [2.75, 3.05) is 13.2 Å². The molecule has 0 saturated carbocycles. The summed E-state index contributed by atoms with van der Waals surface area (Å²) in [6.07, 6.45) is 1.88. The summed E-state index contributed by atoms with van der Waals surface area (Å²) >= 11 is 2.12. The molecule has 2 aromatic rings. The van der Waals surface area contributed by atoms with E-state index < -0.39 is 30.0 Å². The summed E-state index contributed by atoms with van der Waals surface area (Å²) in [4.78, 5) is 27.7. The Morgan fingerprint density at radius 2 is 1.94 bits per heavy atom. The molecule has 1 aliphatic rings. The summed E-state index contributed by atoms with van der Waals surface area (Å²) < 4.78 is 20.4. The highest BCUT2D eigenvalue weighted by molar-refractivity contribution is 14.1. The first kappa shape index (κ1) is 27.8. The molecular weight excluding hydrogens is 578 g/mol. The number of rotatable bonds is 11. The van der Waals surface area contributed by atoms with Crippen molar-refractivity contribution >= 4 is 34.4 Å². The van der Waals surface area contributed by atoms with E-state index in [4.69, 9.17) is 9.84 Å². The number of benzene rings is 2. The molecule has 3 unspecified atom stereocenters. The van der Waals surface area contributed by atoms with E-state index in [-0.39, 0.29) is 38.4 Å². The number of hydrogen-bond donors (Lipinski definition) is 3. The molecule has 36 heavy (non-hydrogen) atoms. The number of carbonyl (C=O) groups excluding carboxylic acids is 2. The van der Waals surface area contributed by atoms with Gasteiger partial charge in [0.05, 0.1) is 16.2 Å². The minimum absolute atomic E-state index is 0.0725. The van der Waals surface area contributed by atoms with Crippen molar-refractivity contribution in [3.05, 3.63) is 87.8 Å². The van der Waals surface area contributed by atoms with Gasteiger partial charge in [-0.15, -0.1) is 6.58 Å². The number of carbonyl (C=O) groups is 2. The zero-order chi connectivity index (χ0) is 26.1. The number of nitrogens with one attached hydrogen (secondary N) is 1. The molecule has 0 aromatic heterocycles. The van der Waals surface area contributed by atoms with Crippen LogP contribution in [0.3, 0.4) is 0 Å². The van der Waals surface area contributed by atoms with Gasteiger partial charge in [-0.25, -0.2) is 4.39 Å². The van der Waals surface area contributed by atoms with Gasteiger partial charge in [0.2, 0.25) is 11.8 Å². The summed E-state index contributed by atoms with van der Waals surface area (Å²) in [7, 11) is 0. The molecule has 192 valence electrons. The van der Waals surface area contributed by atoms with Crippen molar-refractivity contribution in [3.63, 3.8) is 0 Å². The molecular formula is C27H30FIN2O5. The monoisotopic (exact) mass is 608 g/mol. The number of amides is 2. The fourth-order valence-corrected chi connectivity index (χ4v) is 4.53. The van der Waals surface area contributed by atoms with Crippen LogP contribution in [0.15, 0.2) is 72.8 Å². The Labute approximate surface area is 223 Å². The second kappa shape index (κ2) is 13.5. The van der Waals surface area contributed by atoms with Crippen molar-refractivity contribution in [1.29, 1.82) is 0 Å². The highest BCUT2D eigenvalue weighted by atomic mass is 127. The lowest BCUT2D eigenvalue weighted by atomic mass is 9.87. The quantitative estimate of drug-likeness (QED) is 0.269. The molecule has 7 nitrogen and oxygen atoms in total. The summed E-state index contributed by atoms with van der Waals surface area (Å²) in [5.41, 5.74) is 1.03. The zero-order valence-corrected chi connectivity index (χ0v) is 21.9. The summed E-state index contributed by atoms with van der Waals surface area (Å²) in [5.74, 6) is -0.485. The molecule has 3 rings (SSSR count). The van der Waals surface area contributed by atoms with E-state index in [1.807, 2.05) is 18.2 Å². The van der Waals surface area contributed by atoms with Crippen molar-refractivity contribution < 1.29 is 28.9 Å². The van der Waals surface area contributed by atoms with E-state index in [1.54, 1.807) is 30.4 Å². The van der Waals surface area contributed by atoms with Gasteiger partial charge < -0.3 is 25.2 Å². The molecule has 0 spiro atoms. The molecule has 2 aromatic carbocycles.